The average Bonchev–Trinajstić information content (AvgIpc) is 3.04. The van der Waals surface area contributed by atoms with E-state index in [4.69, 9.17) is 4.74 Å². The van der Waals surface area contributed by atoms with Crippen molar-refractivity contribution in [2.45, 2.75) is 30.4 Å². The van der Waals surface area contributed by atoms with E-state index in [1.54, 1.807) is 24.3 Å². The molecule has 8 heteroatoms. The molecule has 2 amide bonds. The molecule has 6 rings (SSSR count). The Balaban J connectivity index is 1.29. The van der Waals surface area contributed by atoms with Crippen LogP contribution in [0.3, 0.4) is 0 Å². The normalized spacial score (nSPS) is 17.7. The number of aromatic hydroxyl groups is 1. The molecule has 4 aromatic carbocycles. The summed E-state index contributed by atoms with van der Waals surface area (Å²) in [6, 6.07) is 34.4. The Kier molecular flexibility index (Phi) is 8.29. The molecule has 2 aliphatic heterocycles. The average molecular weight is 591 g/mol. The first-order chi connectivity index (χ1) is 21.0. The Morgan fingerprint density at radius 1 is 0.837 bits per heavy atom. The molecule has 0 saturated carbocycles. The van der Waals surface area contributed by atoms with E-state index in [2.05, 4.69) is 5.32 Å². The first-order valence-electron chi connectivity index (χ1n) is 14.1. The van der Waals surface area contributed by atoms with E-state index in [0.717, 1.165) is 27.8 Å². The molecule has 2 N–H and O–H groups in total. The third kappa shape index (κ3) is 6.20. The van der Waals surface area contributed by atoms with Crippen molar-refractivity contribution in [3.63, 3.8) is 0 Å². The number of phenolic OH excluding ortho intramolecular Hbond substituents is 1. The van der Waals surface area contributed by atoms with Gasteiger partial charge in [0.2, 0.25) is 5.91 Å². The summed E-state index contributed by atoms with van der Waals surface area (Å²) < 4.78 is 6.22. The number of benzene rings is 4. The maximum absolute atomic E-state index is 14.1. The van der Waals surface area contributed by atoms with Crippen molar-refractivity contribution in [2.24, 2.45) is 0 Å². The number of carbonyl (C=O) groups excluding carboxylic acids is 3. The van der Waals surface area contributed by atoms with Gasteiger partial charge in [-0.3, -0.25) is 14.5 Å². The number of fused-ring (bicyclic) bond motifs is 1. The topological polar surface area (TPSA) is 95.9 Å². The zero-order valence-electron chi connectivity index (χ0n) is 23.3. The molecule has 0 aromatic heterocycles. The monoisotopic (exact) mass is 590 g/mol. The molecule has 0 bridgehead atoms. The summed E-state index contributed by atoms with van der Waals surface area (Å²) in [5.74, 6) is -0.562. The van der Waals surface area contributed by atoms with Gasteiger partial charge < -0.3 is 15.2 Å². The third-order valence-electron chi connectivity index (χ3n) is 7.55. The van der Waals surface area contributed by atoms with Crippen molar-refractivity contribution in [1.82, 2.24) is 10.2 Å². The predicted octanol–water partition coefficient (Wildman–Crippen LogP) is 5.16. The van der Waals surface area contributed by atoms with Crippen LogP contribution < -0.4 is 5.32 Å². The molecule has 7 nitrogen and oxygen atoms in total. The first-order valence-corrected chi connectivity index (χ1v) is 15.1. The summed E-state index contributed by atoms with van der Waals surface area (Å²) in [7, 11) is 0. The first kappa shape index (κ1) is 28.3. The van der Waals surface area contributed by atoms with Gasteiger partial charge in [0.25, 0.3) is 5.91 Å². The highest BCUT2D eigenvalue weighted by atomic mass is 32.2. The van der Waals surface area contributed by atoms with Gasteiger partial charge in [-0.25, -0.2) is 4.79 Å². The van der Waals surface area contributed by atoms with Gasteiger partial charge in [-0.15, -0.1) is 11.8 Å². The highest BCUT2D eigenvalue weighted by Crippen LogP contribution is 2.42. The fourth-order valence-corrected chi connectivity index (χ4v) is 6.77. The summed E-state index contributed by atoms with van der Waals surface area (Å²) in [4.78, 5) is 42.0. The molecule has 2 aliphatic rings. The number of nitrogens with one attached hydrogen (secondary N) is 1. The lowest BCUT2D eigenvalue weighted by Gasteiger charge is -2.50. The van der Waals surface area contributed by atoms with E-state index >= 15 is 0 Å². The second kappa shape index (κ2) is 12.6. The molecule has 0 unspecified atom stereocenters. The summed E-state index contributed by atoms with van der Waals surface area (Å²) in [5, 5.41) is 12.2. The fourth-order valence-electron chi connectivity index (χ4n) is 5.42. The van der Waals surface area contributed by atoms with Gasteiger partial charge in [-0.1, -0.05) is 103 Å². The van der Waals surface area contributed by atoms with Gasteiger partial charge >= 0.3 is 5.97 Å². The summed E-state index contributed by atoms with van der Waals surface area (Å²) >= 11 is 1.51. The lowest BCUT2D eigenvalue weighted by atomic mass is 9.98. The number of ether oxygens (including phenoxy) is 1. The number of phenols is 1. The molecule has 1 saturated heterocycles. The molecular formula is C35H30N2O5S. The number of hydrogen-bond donors (Lipinski definition) is 2. The Hall–Kier alpha value is -4.82. The quantitative estimate of drug-likeness (QED) is 0.207. The fraction of sp³-hybridized carbons (Fsp3) is 0.171. The van der Waals surface area contributed by atoms with Crippen LogP contribution in [0.2, 0.25) is 0 Å². The molecular weight excluding hydrogens is 560 g/mol. The highest BCUT2D eigenvalue weighted by Gasteiger charge is 2.54. The van der Waals surface area contributed by atoms with Crippen LogP contribution in [-0.4, -0.2) is 45.0 Å². The number of rotatable bonds is 9. The maximum Gasteiger partial charge on any atom is 0.356 e. The number of β-lactam (4-membered cyclic amide) rings is 1. The van der Waals surface area contributed by atoms with Gasteiger partial charge in [0.15, 0.2) is 6.10 Å². The number of carbonyl (C=O) groups is 3. The number of amides is 2. The lowest BCUT2D eigenvalue weighted by molar-refractivity contribution is -0.154. The molecule has 2 atom stereocenters. The standard InChI is InChI=1S/C35H30N2O5S/c38-28-18-16-24(17-19-28)20-27-22-43-34-30(36-29(39)21-23-10-4-1-5-11-23)33(40)37(34)31(27)35(41)42-32(25-12-6-2-7-13-25)26-14-8-3-9-15-26/h1-19,30,32,34,38H,20-22H2,(H,36,39)/t30-,34+/m1/s1. The summed E-state index contributed by atoms with van der Waals surface area (Å²) in [6.45, 7) is 0. The Labute approximate surface area is 254 Å². The third-order valence-corrected chi connectivity index (χ3v) is 8.89. The van der Waals surface area contributed by atoms with Crippen molar-refractivity contribution in [3.05, 3.63) is 149 Å². The van der Waals surface area contributed by atoms with E-state index in [9.17, 15) is 19.5 Å². The van der Waals surface area contributed by atoms with Crippen molar-refractivity contribution in [1.29, 1.82) is 0 Å². The van der Waals surface area contributed by atoms with Crippen molar-refractivity contribution < 1.29 is 24.2 Å². The van der Waals surface area contributed by atoms with Crippen LogP contribution in [-0.2, 0) is 32.0 Å². The zero-order chi connectivity index (χ0) is 29.8. The van der Waals surface area contributed by atoms with Crippen molar-refractivity contribution in [3.8, 4) is 5.75 Å². The van der Waals surface area contributed by atoms with Gasteiger partial charge in [-0.2, -0.15) is 0 Å². The minimum absolute atomic E-state index is 0.149. The van der Waals surface area contributed by atoms with E-state index < -0.39 is 23.5 Å². The zero-order valence-corrected chi connectivity index (χ0v) is 24.1. The second-order valence-corrected chi connectivity index (χ2v) is 11.6. The number of nitrogens with zero attached hydrogens (tertiary/aromatic N) is 1. The van der Waals surface area contributed by atoms with E-state index in [1.165, 1.54) is 16.7 Å². The largest absolute Gasteiger partial charge is 0.508 e. The number of hydrogen-bond acceptors (Lipinski definition) is 6. The molecule has 2 heterocycles. The Morgan fingerprint density at radius 3 is 2.02 bits per heavy atom. The molecule has 4 aromatic rings. The lowest BCUT2D eigenvalue weighted by Crippen LogP contribution is -2.70. The second-order valence-electron chi connectivity index (χ2n) is 10.5. The SMILES string of the molecule is O=C(Cc1ccccc1)N[C@@H]1C(=O)N2C(C(=O)OC(c3ccccc3)c3ccccc3)=C(Cc3ccc(O)cc3)CS[C@@H]12. The molecule has 43 heavy (non-hydrogen) atoms. The highest BCUT2D eigenvalue weighted by molar-refractivity contribution is 8.00. The van der Waals surface area contributed by atoms with Crippen LogP contribution in [0.4, 0.5) is 0 Å². The molecule has 0 spiro atoms. The van der Waals surface area contributed by atoms with Crippen LogP contribution >= 0.6 is 11.8 Å². The van der Waals surface area contributed by atoms with Crippen LogP contribution in [0.1, 0.15) is 28.4 Å². The van der Waals surface area contributed by atoms with Crippen molar-refractivity contribution >= 4 is 29.5 Å². The van der Waals surface area contributed by atoms with E-state index in [0.29, 0.717) is 12.2 Å². The van der Waals surface area contributed by atoms with E-state index in [-0.39, 0.29) is 29.7 Å². The smallest absolute Gasteiger partial charge is 0.356 e. The summed E-state index contributed by atoms with van der Waals surface area (Å²) in [5.41, 5.74) is 4.33. The van der Waals surface area contributed by atoms with Crippen LogP contribution in [0.5, 0.6) is 5.75 Å². The van der Waals surface area contributed by atoms with Crippen LogP contribution in [0.15, 0.2) is 127 Å². The summed E-state index contributed by atoms with van der Waals surface area (Å²) in [6.07, 6.45) is -0.113. The molecule has 216 valence electrons. The van der Waals surface area contributed by atoms with Crippen LogP contribution in [0.25, 0.3) is 0 Å². The van der Waals surface area contributed by atoms with Crippen molar-refractivity contribution in [2.75, 3.05) is 5.75 Å². The van der Waals surface area contributed by atoms with E-state index in [1.807, 2.05) is 91.0 Å². The van der Waals surface area contributed by atoms with Gasteiger partial charge in [0.05, 0.1) is 6.42 Å². The number of esters is 1. The molecule has 1 fully saturated rings. The van der Waals surface area contributed by atoms with Gasteiger partial charge in [0, 0.05) is 5.75 Å². The van der Waals surface area contributed by atoms with Gasteiger partial charge in [-0.05, 0) is 46.4 Å². The number of thioether (sulfide) groups is 1. The minimum Gasteiger partial charge on any atom is -0.508 e. The predicted molar refractivity (Wildman–Crippen MR) is 165 cm³/mol. The van der Waals surface area contributed by atoms with Gasteiger partial charge in [0.1, 0.15) is 22.9 Å². The Morgan fingerprint density at radius 2 is 1.42 bits per heavy atom. The Bertz CT molecular complexity index is 1600. The maximum atomic E-state index is 14.1. The minimum atomic E-state index is -0.738. The van der Waals surface area contributed by atoms with Crippen LogP contribution in [0, 0.1) is 0 Å². The molecule has 0 radical (unpaired) electrons. The molecule has 0 aliphatic carbocycles.